The predicted octanol–water partition coefficient (Wildman–Crippen LogP) is 6.03. The van der Waals surface area contributed by atoms with Crippen LogP contribution in [0.1, 0.15) is 36.6 Å². The fraction of sp³-hybridized carbons (Fsp3) is 0.500. The Hall–Kier alpha value is -1.14. The van der Waals surface area contributed by atoms with Gasteiger partial charge in [-0.2, -0.15) is 0 Å². The summed E-state index contributed by atoms with van der Waals surface area (Å²) < 4.78 is 0. The minimum absolute atomic E-state index is 0.780. The predicted molar refractivity (Wildman–Crippen MR) is 127 cm³/mol. The van der Waals surface area contributed by atoms with Gasteiger partial charge in [-0.3, -0.25) is 0 Å². The van der Waals surface area contributed by atoms with Crippen molar-refractivity contribution in [3.63, 3.8) is 0 Å². The molecule has 152 valence electrons. The molecule has 1 aromatic heterocycles. The van der Waals surface area contributed by atoms with Gasteiger partial charge < -0.3 is 15.1 Å². The largest absolute Gasteiger partial charge is 0.344 e. The summed E-state index contributed by atoms with van der Waals surface area (Å²) >= 11 is 13.7. The van der Waals surface area contributed by atoms with Crippen LogP contribution in [-0.4, -0.2) is 41.1 Å². The van der Waals surface area contributed by atoms with Gasteiger partial charge in [0.1, 0.15) is 0 Å². The number of nitrogens with one attached hydrogen (secondary N) is 1. The van der Waals surface area contributed by atoms with Gasteiger partial charge in [0.15, 0.2) is 5.11 Å². The molecule has 0 aliphatic carbocycles. The van der Waals surface area contributed by atoms with Gasteiger partial charge in [-0.15, -0.1) is 11.3 Å². The van der Waals surface area contributed by atoms with Crippen LogP contribution in [0.2, 0.25) is 5.02 Å². The second kappa shape index (κ2) is 10.6. The van der Waals surface area contributed by atoms with Crippen molar-refractivity contribution < 1.29 is 0 Å². The Balaban J connectivity index is 1.57. The molecule has 2 aromatic rings. The van der Waals surface area contributed by atoms with E-state index in [1.54, 1.807) is 11.3 Å². The molecule has 1 aliphatic heterocycles. The summed E-state index contributed by atoms with van der Waals surface area (Å²) in [5.41, 5.74) is 2.05. The van der Waals surface area contributed by atoms with E-state index in [0.717, 1.165) is 53.4 Å². The zero-order chi connectivity index (χ0) is 19.9. The van der Waals surface area contributed by atoms with Gasteiger partial charge in [-0.25, -0.2) is 0 Å². The van der Waals surface area contributed by atoms with E-state index in [1.807, 2.05) is 25.1 Å². The van der Waals surface area contributed by atoms with Gasteiger partial charge in [0.2, 0.25) is 0 Å². The summed E-state index contributed by atoms with van der Waals surface area (Å²) in [6, 6.07) is 10.2. The number of rotatable bonds is 7. The topological polar surface area (TPSA) is 18.5 Å². The first-order valence-electron chi connectivity index (χ1n) is 10.1. The second-order valence-electron chi connectivity index (χ2n) is 7.77. The van der Waals surface area contributed by atoms with E-state index < -0.39 is 0 Å². The summed E-state index contributed by atoms with van der Waals surface area (Å²) in [4.78, 5) is 6.23. The molecule has 0 amide bonds. The highest BCUT2D eigenvalue weighted by atomic mass is 35.5. The van der Waals surface area contributed by atoms with E-state index in [4.69, 9.17) is 23.8 Å². The number of nitrogens with zero attached hydrogens (tertiary/aromatic N) is 2. The van der Waals surface area contributed by atoms with Crippen LogP contribution in [0.4, 0.5) is 5.69 Å². The third-order valence-electron chi connectivity index (χ3n) is 5.40. The first kappa shape index (κ1) is 21.6. The molecule has 28 heavy (non-hydrogen) atoms. The molecule has 1 fully saturated rings. The third kappa shape index (κ3) is 6.45. The monoisotopic (exact) mass is 435 g/mol. The van der Waals surface area contributed by atoms with Crippen molar-refractivity contribution in [3.05, 3.63) is 51.2 Å². The fourth-order valence-electron chi connectivity index (χ4n) is 3.54. The number of benzene rings is 1. The summed E-state index contributed by atoms with van der Waals surface area (Å²) in [5, 5.41) is 7.09. The summed E-state index contributed by atoms with van der Waals surface area (Å²) in [5.74, 6) is 0.881. The molecule has 0 atom stereocenters. The number of thiocarbonyl (C=S) groups is 1. The lowest BCUT2D eigenvalue weighted by Crippen LogP contribution is -2.38. The molecule has 0 radical (unpaired) electrons. The molecule has 2 heterocycles. The lowest BCUT2D eigenvalue weighted by molar-refractivity contribution is 0.186. The first-order valence-corrected chi connectivity index (χ1v) is 11.7. The Kier molecular flexibility index (Phi) is 8.15. The Morgan fingerprint density at radius 1 is 1.32 bits per heavy atom. The SMILES string of the molecule is Cc1cc(NC(=S)N(CCCN2CCC(C)CC2)Cc2cccs2)ccc1Cl. The van der Waals surface area contributed by atoms with E-state index >= 15 is 0 Å². The maximum Gasteiger partial charge on any atom is 0.173 e. The van der Waals surface area contributed by atoms with E-state index in [-0.39, 0.29) is 0 Å². The zero-order valence-corrected chi connectivity index (χ0v) is 19.2. The Morgan fingerprint density at radius 3 is 2.79 bits per heavy atom. The average molecular weight is 436 g/mol. The highest BCUT2D eigenvalue weighted by molar-refractivity contribution is 7.80. The smallest absolute Gasteiger partial charge is 0.173 e. The molecule has 1 saturated heterocycles. The van der Waals surface area contributed by atoms with Crippen LogP contribution in [0.3, 0.4) is 0 Å². The number of aryl methyl sites for hydroxylation is 1. The van der Waals surface area contributed by atoms with Crippen LogP contribution >= 0.6 is 35.2 Å². The highest BCUT2D eigenvalue weighted by Crippen LogP contribution is 2.21. The summed E-state index contributed by atoms with van der Waals surface area (Å²) in [6.45, 7) is 9.81. The van der Waals surface area contributed by atoms with Gasteiger partial charge in [-0.1, -0.05) is 24.6 Å². The van der Waals surface area contributed by atoms with Crippen molar-refractivity contribution in [2.45, 2.75) is 39.7 Å². The third-order valence-corrected chi connectivity index (χ3v) is 7.05. The molecule has 0 bridgehead atoms. The fourth-order valence-corrected chi connectivity index (χ4v) is 4.65. The van der Waals surface area contributed by atoms with Gasteiger partial charge in [0, 0.05) is 22.1 Å². The number of likely N-dealkylation sites (tertiary alicyclic amines) is 1. The van der Waals surface area contributed by atoms with Crippen molar-refractivity contribution in [3.8, 4) is 0 Å². The summed E-state index contributed by atoms with van der Waals surface area (Å²) in [7, 11) is 0. The van der Waals surface area contributed by atoms with Crippen LogP contribution < -0.4 is 5.32 Å². The minimum Gasteiger partial charge on any atom is -0.344 e. The quantitative estimate of drug-likeness (QED) is 0.535. The van der Waals surface area contributed by atoms with Crippen LogP contribution in [0.15, 0.2) is 35.7 Å². The first-order chi connectivity index (χ1) is 13.5. The van der Waals surface area contributed by atoms with E-state index in [2.05, 4.69) is 39.6 Å². The van der Waals surface area contributed by atoms with Crippen molar-refractivity contribution in [2.24, 2.45) is 5.92 Å². The van der Waals surface area contributed by atoms with Crippen LogP contribution in [0, 0.1) is 12.8 Å². The standard InChI is InChI=1S/C22H30ClN3S2/c1-17-8-12-25(13-9-17)10-4-11-26(16-20-5-3-14-28-20)22(27)24-19-6-7-21(23)18(2)15-19/h3,5-7,14-15,17H,4,8-13,16H2,1-2H3,(H,24,27). The second-order valence-corrected chi connectivity index (χ2v) is 9.60. The molecule has 3 nitrogen and oxygen atoms in total. The van der Waals surface area contributed by atoms with Crippen molar-refractivity contribution in [1.29, 1.82) is 0 Å². The number of piperidine rings is 1. The normalized spacial score (nSPS) is 15.5. The lowest BCUT2D eigenvalue weighted by Gasteiger charge is -2.31. The van der Waals surface area contributed by atoms with Gasteiger partial charge in [0.05, 0.1) is 6.54 Å². The molecule has 1 N–H and O–H groups in total. The van der Waals surface area contributed by atoms with Crippen LogP contribution in [0.5, 0.6) is 0 Å². The van der Waals surface area contributed by atoms with Gasteiger partial charge in [0.25, 0.3) is 0 Å². The van der Waals surface area contributed by atoms with E-state index in [0.29, 0.717) is 0 Å². The number of halogens is 1. The molecule has 3 rings (SSSR count). The molecule has 0 saturated carbocycles. The maximum atomic E-state index is 6.15. The summed E-state index contributed by atoms with van der Waals surface area (Å²) in [6.07, 6.45) is 3.78. The number of hydrogen-bond acceptors (Lipinski definition) is 3. The maximum absolute atomic E-state index is 6.15. The molecule has 1 aliphatic rings. The molecule has 6 heteroatoms. The van der Waals surface area contributed by atoms with E-state index in [1.165, 1.54) is 30.8 Å². The molecule has 0 unspecified atom stereocenters. The molecular formula is C22H30ClN3S2. The number of thiophene rings is 1. The Labute approximate surface area is 183 Å². The molecular weight excluding hydrogens is 406 g/mol. The lowest BCUT2D eigenvalue weighted by atomic mass is 9.99. The van der Waals surface area contributed by atoms with Gasteiger partial charge in [-0.05, 0) is 99.2 Å². The Bertz CT molecular complexity index is 755. The van der Waals surface area contributed by atoms with Crippen molar-refractivity contribution >= 4 is 46.0 Å². The number of hydrogen-bond donors (Lipinski definition) is 1. The Morgan fingerprint density at radius 2 is 2.11 bits per heavy atom. The van der Waals surface area contributed by atoms with E-state index in [9.17, 15) is 0 Å². The van der Waals surface area contributed by atoms with Crippen molar-refractivity contribution in [1.82, 2.24) is 9.80 Å². The molecule has 0 spiro atoms. The van der Waals surface area contributed by atoms with Crippen LogP contribution in [0.25, 0.3) is 0 Å². The van der Waals surface area contributed by atoms with Crippen LogP contribution in [-0.2, 0) is 6.54 Å². The highest BCUT2D eigenvalue weighted by Gasteiger charge is 2.17. The minimum atomic E-state index is 0.780. The number of anilines is 1. The van der Waals surface area contributed by atoms with Gasteiger partial charge >= 0.3 is 0 Å². The van der Waals surface area contributed by atoms with Crippen molar-refractivity contribution in [2.75, 3.05) is 31.5 Å². The molecule has 1 aromatic carbocycles. The average Bonchev–Trinajstić information content (AvgIpc) is 3.18. The zero-order valence-electron chi connectivity index (χ0n) is 16.8.